The van der Waals surface area contributed by atoms with E-state index in [1.165, 1.54) is 77.4 Å². The summed E-state index contributed by atoms with van der Waals surface area (Å²) in [7, 11) is 0. The van der Waals surface area contributed by atoms with Crippen LogP contribution in [0, 0.1) is 0 Å². The molecule has 0 amide bonds. The van der Waals surface area contributed by atoms with Crippen molar-refractivity contribution in [2.75, 3.05) is 19.6 Å². The van der Waals surface area contributed by atoms with Gasteiger partial charge in [-0.1, -0.05) is 45.4 Å². The molecule has 1 N–H and O–H groups in total. The molecule has 0 radical (unpaired) electrons. The van der Waals surface area contributed by atoms with Gasteiger partial charge in [-0.2, -0.15) is 0 Å². The Morgan fingerprint density at radius 1 is 0.895 bits per heavy atom. The van der Waals surface area contributed by atoms with Crippen LogP contribution in [0.3, 0.4) is 0 Å². The number of nitrogens with one attached hydrogen (secondary N) is 1. The molecule has 2 nitrogen and oxygen atoms in total. The van der Waals surface area contributed by atoms with Crippen molar-refractivity contribution in [1.82, 2.24) is 10.2 Å². The fourth-order valence-electron chi connectivity index (χ4n) is 3.21. The van der Waals surface area contributed by atoms with Crippen molar-refractivity contribution in [3.8, 4) is 0 Å². The number of hydrogen-bond donors (Lipinski definition) is 1. The molecule has 1 fully saturated rings. The number of unbranched alkanes of at least 4 members (excludes halogenated alkanes) is 4. The van der Waals surface area contributed by atoms with E-state index in [-0.39, 0.29) is 0 Å². The average molecular weight is 268 g/mol. The normalized spacial score (nSPS) is 20.4. The van der Waals surface area contributed by atoms with Gasteiger partial charge in [0.15, 0.2) is 0 Å². The van der Waals surface area contributed by atoms with Gasteiger partial charge in [0.2, 0.25) is 0 Å². The molecule has 1 saturated heterocycles. The Balaban J connectivity index is 2.01. The van der Waals surface area contributed by atoms with E-state index in [0.29, 0.717) is 12.1 Å². The van der Waals surface area contributed by atoms with E-state index >= 15 is 0 Å². The average Bonchev–Trinajstić information content (AvgIpc) is 2.39. The van der Waals surface area contributed by atoms with E-state index in [2.05, 4.69) is 31.0 Å². The van der Waals surface area contributed by atoms with Gasteiger partial charge in [0.1, 0.15) is 0 Å². The largest absolute Gasteiger partial charge is 0.311 e. The summed E-state index contributed by atoms with van der Waals surface area (Å²) in [5, 5.41) is 3.78. The summed E-state index contributed by atoms with van der Waals surface area (Å²) in [6, 6.07) is 1.32. The van der Waals surface area contributed by atoms with Crippen LogP contribution in [0.25, 0.3) is 0 Å². The lowest BCUT2D eigenvalue weighted by Gasteiger charge is -2.30. The van der Waals surface area contributed by atoms with E-state index in [0.717, 1.165) is 0 Å². The van der Waals surface area contributed by atoms with Gasteiger partial charge in [-0.15, -0.1) is 0 Å². The third-order valence-electron chi connectivity index (χ3n) is 4.29. The zero-order valence-electron chi connectivity index (χ0n) is 13.6. The maximum atomic E-state index is 3.78. The summed E-state index contributed by atoms with van der Waals surface area (Å²) in [5.41, 5.74) is 0. The van der Waals surface area contributed by atoms with Crippen molar-refractivity contribution in [2.45, 2.75) is 90.6 Å². The Hall–Kier alpha value is -0.0800. The zero-order chi connectivity index (χ0) is 13.9. The first-order chi connectivity index (χ1) is 9.22. The monoisotopic (exact) mass is 268 g/mol. The topological polar surface area (TPSA) is 15.3 Å². The van der Waals surface area contributed by atoms with E-state index in [1.807, 2.05) is 0 Å². The maximum Gasteiger partial charge on any atom is 0.0169 e. The SMILES string of the molecule is CCCCCCCC(C)NC(C)CN1CCCCC1. The van der Waals surface area contributed by atoms with Gasteiger partial charge in [0.05, 0.1) is 0 Å². The van der Waals surface area contributed by atoms with Crippen molar-refractivity contribution in [2.24, 2.45) is 0 Å². The van der Waals surface area contributed by atoms with Crippen molar-refractivity contribution < 1.29 is 0 Å². The van der Waals surface area contributed by atoms with Crippen LogP contribution in [0.15, 0.2) is 0 Å². The second kappa shape index (κ2) is 10.7. The van der Waals surface area contributed by atoms with Gasteiger partial charge < -0.3 is 10.2 Å². The molecule has 0 aromatic carbocycles. The van der Waals surface area contributed by atoms with Crippen molar-refractivity contribution in [3.05, 3.63) is 0 Å². The molecule has 2 unspecified atom stereocenters. The molecule has 0 aromatic heterocycles. The molecule has 0 aliphatic carbocycles. The first-order valence-electron chi connectivity index (χ1n) is 8.70. The second-order valence-corrected chi connectivity index (χ2v) is 6.53. The van der Waals surface area contributed by atoms with E-state index in [4.69, 9.17) is 0 Å². The van der Waals surface area contributed by atoms with Gasteiger partial charge in [-0.3, -0.25) is 0 Å². The third kappa shape index (κ3) is 8.65. The molecule has 0 bridgehead atoms. The van der Waals surface area contributed by atoms with Crippen LogP contribution in [0.4, 0.5) is 0 Å². The minimum Gasteiger partial charge on any atom is -0.311 e. The minimum atomic E-state index is 0.642. The molecule has 0 spiro atoms. The molecular weight excluding hydrogens is 232 g/mol. The molecule has 1 rings (SSSR count). The lowest BCUT2D eigenvalue weighted by Crippen LogP contribution is -2.44. The number of nitrogens with zero attached hydrogens (tertiary/aromatic N) is 1. The number of likely N-dealkylation sites (tertiary alicyclic amines) is 1. The van der Waals surface area contributed by atoms with Crippen molar-refractivity contribution in [3.63, 3.8) is 0 Å². The van der Waals surface area contributed by atoms with E-state index in [1.54, 1.807) is 0 Å². The first kappa shape index (κ1) is 17.0. The van der Waals surface area contributed by atoms with Crippen LogP contribution in [0.2, 0.25) is 0 Å². The molecule has 19 heavy (non-hydrogen) atoms. The molecule has 2 heteroatoms. The Bertz CT molecular complexity index is 199. The van der Waals surface area contributed by atoms with Gasteiger partial charge in [-0.25, -0.2) is 0 Å². The predicted molar refractivity (Wildman–Crippen MR) is 85.7 cm³/mol. The number of rotatable bonds is 10. The Kier molecular flexibility index (Phi) is 9.54. The number of hydrogen-bond acceptors (Lipinski definition) is 2. The fourth-order valence-corrected chi connectivity index (χ4v) is 3.21. The highest BCUT2D eigenvalue weighted by Gasteiger charge is 2.14. The standard InChI is InChI=1S/C17H36N2/c1-4-5-6-7-9-12-16(2)18-17(3)15-19-13-10-8-11-14-19/h16-18H,4-15H2,1-3H3. The van der Waals surface area contributed by atoms with Crippen molar-refractivity contribution >= 4 is 0 Å². The third-order valence-corrected chi connectivity index (χ3v) is 4.29. The Labute approximate surface area is 121 Å². The molecule has 2 atom stereocenters. The van der Waals surface area contributed by atoms with Gasteiger partial charge in [0.25, 0.3) is 0 Å². The Morgan fingerprint density at radius 3 is 2.26 bits per heavy atom. The smallest absolute Gasteiger partial charge is 0.0169 e. The van der Waals surface area contributed by atoms with Crippen LogP contribution in [0.5, 0.6) is 0 Å². The minimum absolute atomic E-state index is 0.642. The van der Waals surface area contributed by atoms with Gasteiger partial charge >= 0.3 is 0 Å². The molecule has 1 heterocycles. The molecule has 0 saturated carbocycles. The summed E-state index contributed by atoms with van der Waals surface area (Å²) in [6.07, 6.45) is 12.6. The quantitative estimate of drug-likeness (QED) is 0.597. The van der Waals surface area contributed by atoms with Gasteiger partial charge in [0, 0.05) is 18.6 Å². The highest BCUT2D eigenvalue weighted by molar-refractivity contribution is 4.74. The maximum absolute atomic E-state index is 3.78. The summed E-state index contributed by atoms with van der Waals surface area (Å²) in [5.74, 6) is 0. The molecule has 0 aromatic rings. The Morgan fingerprint density at radius 2 is 1.58 bits per heavy atom. The highest BCUT2D eigenvalue weighted by atomic mass is 15.2. The van der Waals surface area contributed by atoms with E-state index < -0.39 is 0 Å². The van der Waals surface area contributed by atoms with Crippen LogP contribution in [-0.2, 0) is 0 Å². The molecule has 1 aliphatic rings. The summed E-state index contributed by atoms with van der Waals surface area (Å²) < 4.78 is 0. The predicted octanol–water partition coefficient (Wildman–Crippen LogP) is 4.20. The summed E-state index contributed by atoms with van der Waals surface area (Å²) in [4.78, 5) is 2.63. The van der Waals surface area contributed by atoms with Gasteiger partial charge in [-0.05, 0) is 46.2 Å². The van der Waals surface area contributed by atoms with Crippen molar-refractivity contribution in [1.29, 1.82) is 0 Å². The fraction of sp³-hybridized carbons (Fsp3) is 1.00. The summed E-state index contributed by atoms with van der Waals surface area (Å²) in [6.45, 7) is 10.9. The highest BCUT2D eigenvalue weighted by Crippen LogP contribution is 2.10. The molecule has 114 valence electrons. The number of piperidine rings is 1. The lowest BCUT2D eigenvalue weighted by molar-refractivity contribution is 0.204. The summed E-state index contributed by atoms with van der Waals surface area (Å²) >= 11 is 0. The molecular formula is C17H36N2. The van der Waals surface area contributed by atoms with Crippen LogP contribution in [0.1, 0.15) is 78.6 Å². The second-order valence-electron chi connectivity index (χ2n) is 6.53. The van der Waals surface area contributed by atoms with Crippen LogP contribution < -0.4 is 5.32 Å². The first-order valence-corrected chi connectivity index (χ1v) is 8.70. The van der Waals surface area contributed by atoms with Crippen LogP contribution in [-0.4, -0.2) is 36.6 Å². The molecule has 1 aliphatic heterocycles. The lowest BCUT2D eigenvalue weighted by atomic mass is 10.1. The van der Waals surface area contributed by atoms with Crippen LogP contribution >= 0.6 is 0 Å². The van der Waals surface area contributed by atoms with E-state index in [9.17, 15) is 0 Å². The zero-order valence-corrected chi connectivity index (χ0v) is 13.6.